The number of likely N-dealkylation sites (tertiary alicyclic amines) is 1. The maximum atomic E-state index is 12.6. The number of ether oxygens (including phenoxy) is 1. The number of amides is 2. The third-order valence-corrected chi connectivity index (χ3v) is 6.19. The lowest BCUT2D eigenvalue weighted by molar-refractivity contribution is 0.0529. The van der Waals surface area contributed by atoms with Crippen molar-refractivity contribution in [1.82, 2.24) is 10.2 Å². The number of hydrogen-bond acceptors (Lipinski definition) is 5. The molecular weight excluding hydrogens is 422 g/mol. The molecule has 8 heteroatoms. The Balaban J connectivity index is 1.59. The molecule has 0 atom stereocenters. The maximum absolute atomic E-state index is 12.6. The molecule has 2 heterocycles. The van der Waals surface area contributed by atoms with Gasteiger partial charge in [-0.2, -0.15) is 0 Å². The third-order valence-electron chi connectivity index (χ3n) is 5.04. The first-order valence-corrected chi connectivity index (χ1v) is 11.7. The number of anilines is 1. The Morgan fingerprint density at radius 3 is 2.60 bits per heavy atom. The van der Waals surface area contributed by atoms with E-state index >= 15 is 0 Å². The Morgan fingerprint density at radius 2 is 1.90 bits per heavy atom. The second-order valence-electron chi connectivity index (χ2n) is 7.22. The van der Waals surface area contributed by atoms with Gasteiger partial charge in [-0.1, -0.05) is 23.7 Å². The molecule has 0 aliphatic carbocycles. The number of rotatable bonds is 9. The van der Waals surface area contributed by atoms with Crippen LogP contribution in [0.3, 0.4) is 0 Å². The second-order valence-corrected chi connectivity index (χ2v) is 8.53. The maximum Gasteiger partial charge on any atom is 0.341 e. The Bertz CT molecular complexity index is 848. The topological polar surface area (TPSA) is 70.7 Å². The van der Waals surface area contributed by atoms with E-state index in [2.05, 4.69) is 15.5 Å². The van der Waals surface area contributed by atoms with Crippen LogP contribution in [0.15, 0.2) is 29.6 Å². The average Bonchev–Trinajstić information content (AvgIpc) is 3.38. The van der Waals surface area contributed by atoms with Crippen molar-refractivity contribution in [3.8, 4) is 11.1 Å². The summed E-state index contributed by atoms with van der Waals surface area (Å²) in [5.74, 6) is -0.454. The molecule has 1 aliphatic heterocycles. The monoisotopic (exact) mass is 449 g/mol. The van der Waals surface area contributed by atoms with Gasteiger partial charge >= 0.3 is 12.0 Å². The molecule has 0 saturated carbocycles. The van der Waals surface area contributed by atoms with E-state index in [9.17, 15) is 9.59 Å². The molecule has 1 aromatic carbocycles. The van der Waals surface area contributed by atoms with Crippen LogP contribution in [0.5, 0.6) is 0 Å². The van der Waals surface area contributed by atoms with Crippen molar-refractivity contribution in [2.45, 2.75) is 32.6 Å². The fourth-order valence-corrected chi connectivity index (χ4v) is 4.59. The average molecular weight is 450 g/mol. The van der Waals surface area contributed by atoms with E-state index in [1.807, 2.05) is 17.5 Å². The molecule has 1 aliphatic rings. The van der Waals surface area contributed by atoms with Crippen LogP contribution >= 0.6 is 22.9 Å². The number of carbonyl (C=O) groups is 2. The summed E-state index contributed by atoms with van der Waals surface area (Å²) in [5, 5.41) is 8.64. The van der Waals surface area contributed by atoms with Gasteiger partial charge in [0.25, 0.3) is 0 Å². The van der Waals surface area contributed by atoms with Gasteiger partial charge in [-0.15, -0.1) is 11.3 Å². The first-order chi connectivity index (χ1) is 14.6. The summed E-state index contributed by atoms with van der Waals surface area (Å²) in [7, 11) is 0. The summed E-state index contributed by atoms with van der Waals surface area (Å²) in [6, 6.07) is 6.91. The standard InChI is InChI=1S/C22H28ClN3O3S/c1-2-29-21(27)19-18(16-7-9-17(23)10-8-16)15-30-20(19)25-22(28)24-11-3-4-12-26-13-5-6-14-26/h7-10,15H,2-6,11-14H2,1H3,(H2,24,25,28). The first-order valence-electron chi connectivity index (χ1n) is 10.4. The largest absolute Gasteiger partial charge is 0.462 e. The number of carbonyl (C=O) groups excluding carboxylic acids is 2. The molecule has 3 rings (SSSR count). The van der Waals surface area contributed by atoms with E-state index in [0.29, 0.717) is 22.1 Å². The lowest BCUT2D eigenvalue weighted by Gasteiger charge is -2.14. The number of nitrogens with one attached hydrogen (secondary N) is 2. The number of nitrogens with zero attached hydrogens (tertiary/aromatic N) is 1. The van der Waals surface area contributed by atoms with Gasteiger partial charge in [0.15, 0.2) is 0 Å². The molecule has 2 N–H and O–H groups in total. The fourth-order valence-electron chi connectivity index (χ4n) is 3.51. The molecule has 1 fully saturated rings. The zero-order valence-electron chi connectivity index (χ0n) is 17.2. The Kier molecular flexibility index (Phi) is 8.54. The summed E-state index contributed by atoms with van der Waals surface area (Å²) < 4.78 is 5.22. The van der Waals surface area contributed by atoms with Crippen LogP contribution in [-0.4, -0.2) is 49.7 Å². The smallest absolute Gasteiger partial charge is 0.341 e. The number of hydrogen-bond donors (Lipinski definition) is 2. The fraction of sp³-hybridized carbons (Fsp3) is 0.455. The van der Waals surface area contributed by atoms with Crippen LogP contribution in [0.2, 0.25) is 5.02 Å². The van der Waals surface area contributed by atoms with E-state index < -0.39 is 5.97 Å². The summed E-state index contributed by atoms with van der Waals surface area (Å²) in [6.07, 6.45) is 4.58. The molecule has 162 valence electrons. The highest BCUT2D eigenvalue weighted by molar-refractivity contribution is 7.15. The molecule has 0 radical (unpaired) electrons. The number of thiophene rings is 1. The molecule has 30 heavy (non-hydrogen) atoms. The number of halogens is 1. The molecule has 1 aromatic heterocycles. The second kappa shape index (κ2) is 11.3. The van der Waals surface area contributed by atoms with Crippen molar-refractivity contribution in [2.75, 3.05) is 38.1 Å². The highest BCUT2D eigenvalue weighted by Crippen LogP contribution is 2.36. The zero-order valence-corrected chi connectivity index (χ0v) is 18.8. The molecular formula is C22H28ClN3O3S. The molecule has 0 spiro atoms. The summed E-state index contributed by atoms with van der Waals surface area (Å²) in [4.78, 5) is 27.4. The van der Waals surface area contributed by atoms with Crippen LogP contribution in [0, 0.1) is 0 Å². The van der Waals surface area contributed by atoms with Crippen LogP contribution in [0.1, 0.15) is 43.0 Å². The first kappa shape index (κ1) is 22.6. The van der Waals surface area contributed by atoms with Crippen molar-refractivity contribution in [3.63, 3.8) is 0 Å². The number of urea groups is 1. The van der Waals surface area contributed by atoms with Crippen LogP contribution < -0.4 is 10.6 Å². The van der Waals surface area contributed by atoms with Crippen molar-refractivity contribution in [3.05, 3.63) is 40.2 Å². The number of benzene rings is 1. The van der Waals surface area contributed by atoms with Gasteiger partial charge < -0.3 is 15.0 Å². The summed E-state index contributed by atoms with van der Waals surface area (Å²) in [5.41, 5.74) is 1.93. The quantitative estimate of drug-likeness (QED) is 0.405. The highest BCUT2D eigenvalue weighted by Gasteiger charge is 2.22. The molecule has 6 nitrogen and oxygen atoms in total. The van der Waals surface area contributed by atoms with E-state index in [-0.39, 0.29) is 12.6 Å². The SMILES string of the molecule is CCOC(=O)c1c(-c2ccc(Cl)cc2)csc1NC(=O)NCCCCN1CCCC1. The van der Waals surface area contributed by atoms with Gasteiger partial charge in [-0.3, -0.25) is 5.32 Å². The Labute approximate surface area is 186 Å². The highest BCUT2D eigenvalue weighted by atomic mass is 35.5. The van der Waals surface area contributed by atoms with Gasteiger partial charge in [0.2, 0.25) is 0 Å². The Morgan fingerprint density at radius 1 is 1.17 bits per heavy atom. The van der Waals surface area contributed by atoms with E-state index in [4.69, 9.17) is 16.3 Å². The lowest BCUT2D eigenvalue weighted by Crippen LogP contribution is -2.30. The Hall–Kier alpha value is -2.09. The van der Waals surface area contributed by atoms with E-state index in [1.165, 1.54) is 37.3 Å². The van der Waals surface area contributed by atoms with Crippen molar-refractivity contribution in [1.29, 1.82) is 0 Å². The third kappa shape index (κ3) is 6.20. The van der Waals surface area contributed by atoms with E-state index in [0.717, 1.165) is 30.5 Å². The minimum absolute atomic E-state index is 0.261. The molecule has 0 bridgehead atoms. The van der Waals surface area contributed by atoms with Crippen molar-refractivity contribution >= 4 is 39.9 Å². The summed E-state index contributed by atoms with van der Waals surface area (Å²) >= 11 is 7.28. The minimum atomic E-state index is -0.454. The van der Waals surface area contributed by atoms with Crippen molar-refractivity contribution in [2.24, 2.45) is 0 Å². The lowest BCUT2D eigenvalue weighted by atomic mass is 10.0. The predicted molar refractivity (Wildman–Crippen MR) is 123 cm³/mol. The van der Waals surface area contributed by atoms with Crippen LogP contribution in [-0.2, 0) is 4.74 Å². The zero-order chi connectivity index (χ0) is 21.3. The van der Waals surface area contributed by atoms with Gasteiger partial charge in [-0.05, 0) is 69.9 Å². The normalized spacial score (nSPS) is 13.9. The van der Waals surface area contributed by atoms with Gasteiger partial charge in [-0.25, -0.2) is 9.59 Å². The number of esters is 1. The van der Waals surface area contributed by atoms with Crippen LogP contribution in [0.25, 0.3) is 11.1 Å². The van der Waals surface area contributed by atoms with Crippen molar-refractivity contribution < 1.29 is 14.3 Å². The van der Waals surface area contributed by atoms with Gasteiger partial charge in [0.1, 0.15) is 10.6 Å². The van der Waals surface area contributed by atoms with Gasteiger partial charge in [0, 0.05) is 22.5 Å². The summed E-state index contributed by atoms with van der Waals surface area (Å²) in [6.45, 7) is 6.10. The molecule has 1 saturated heterocycles. The van der Waals surface area contributed by atoms with Crippen LogP contribution in [0.4, 0.5) is 9.80 Å². The van der Waals surface area contributed by atoms with E-state index in [1.54, 1.807) is 19.1 Å². The molecule has 2 amide bonds. The minimum Gasteiger partial charge on any atom is -0.462 e. The predicted octanol–water partition coefficient (Wildman–Crippen LogP) is 5.24. The molecule has 2 aromatic rings. The number of unbranched alkanes of at least 4 members (excludes halogenated alkanes) is 1. The van der Waals surface area contributed by atoms with Gasteiger partial charge in [0.05, 0.1) is 6.61 Å². The molecule has 0 unspecified atom stereocenters.